The van der Waals surface area contributed by atoms with Crippen LogP contribution in [0.3, 0.4) is 0 Å². The number of ether oxygens (including phenoxy) is 1. The van der Waals surface area contributed by atoms with Crippen LogP contribution in [0.25, 0.3) is 0 Å². The number of esters is 1. The van der Waals surface area contributed by atoms with E-state index in [0.29, 0.717) is 36.5 Å². The Morgan fingerprint density at radius 3 is 2.45 bits per heavy atom. The Bertz CT molecular complexity index is 566. The highest BCUT2D eigenvalue weighted by molar-refractivity contribution is 7.91. The summed E-state index contributed by atoms with van der Waals surface area (Å²) in [7, 11) is -3.27. The van der Waals surface area contributed by atoms with Crippen molar-refractivity contribution in [2.24, 2.45) is 0 Å². The van der Waals surface area contributed by atoms with Crippen molar-refractivity contribution in [2.45, 2.75) is 50.5 Å². The van der Waals surface area contributed by atoms with Gasteiger partial charge in [0.15, 0.2) is 9.84 Å². The van der Waals surface area contributed by atoms with Gasteiger partial charge in [-0.3, -0.25) is 4.79 Å². The van der Waals surface area contributed by atoms with Gasteiger partial charge in [0.25, 0.3) is 0 Å². The van der Waals surface area contributed by atoms with Crippen LogP contribution >= 0.6 is 11.6 Å². The first-order valence-corrected chi connectivity index (χ1v) is 9.58. The minimum absolute atomic E-state index is 0.0552. The summed E-state index contributed by atoms with van der Waals surface area (Å²) in [6, 6.07) is 6.82. The minimum atomic E-state index is -3.27. The predicted octanol–water partition coefficient (Wildman–Crippen LogP) is 3.50. The van der Waals surface area contributed by atoms with E-state index in [0.717, 1.165) is 5.56 Å². The lowest BCUT2D eigenvalue weighted by molar-refractivity contribution is -0.148. The molecule has 0 spiro atoms. The molecule has 0 heterocycles. The third-order valence-electron chi connectivity index (χ3n) is 3.25. The Morgan fingerprint density at radius 1 is 1.23 bits per heavy atom. The molecular formula is C16H23ClO4S. The fourth-order valence-corrected chi connectivity index (χ4v) is 3.44. The molecule has 0 fully saturated rings. The summed E-state index contributed by atoms with van der Waals surface area (Å²) in [6.45, 7) is 3.69. The van der Waals surface area contributed by atoms with Crippen molar-refractivity contribution >= 4 is 27.4 Å². The van der Waals surface area contributed by atoms with Crippen molar-refractivity contribution in [3.05, 3.63) is 29.8 Å². The van der Waals surface area contributed by atoms with Gasteiger partial charge in [-0.25, -0.2) is 8.42 Å². The fraction of sp³-hybridized carbons (Fsp3) is 0.562. The number of carbonyl (C=O) groups is 1. The molecule has 124 valence electrons. The van der Waals surface area contributed by atoms with Gasteiger partial charge in [-0.05, 0) is 45.2 Å². The van der Waals surface area contributed by atoms with E-state index in [4.69, 9.17) is 16.3 Å². The van der Waals surface area contributed by atoms with E-state index in [-0.39, 0.29) is 17.8 Å². The van der Waals surface area contributed by atoms with Crippen LogP contribution in [-0.4, -0.2) is 32.1 Å². The zero-order valence-electron chi connectivity index (χ0n) is 13.0. The molecule has 1 aromatic rings. The van der Waals surface area contributed by atoms with Crippen molar-refractivity contribution in [3.63, 3.8) is 0 Å². The normalized spacial score (nSPS) is 12.9. The molecule has 0 amide bonds. The largest absolute Gasteiger partial charge is 0.463 e. The number of aryl methyl sites for hydroxylation is 1. The maximum absolute atomic E-state index is 12.2. The summed E-state index contributed by atoms with van der Waals surface area (Å²) in [5.41, 5.74) is 1.02. The SMILES string of the molecule is Cc1ccc(S(=O)(=O)CCC[C@H](C)OC(=O)CCCCl)cc1. The fourth-order valence-electron chi connectivity index (χ4n) is 1.98. The molecule has 0 saturated heterocycles. The highest BCUT2D eigenvalue weighted by atomic mass is 35.5. The van der Waals surface area contributed by atoms with Gasteiger partial charge in [0, 0.05) is 12.3 Å². The van der Waals surface area contributed by atoms with E-state index in [9.17, 15) is 13.2 Å². The van der Waals surface area contributed by atoms with Crippen molar-refractivity contribution in [2.75, 3.05) is 11.6 Å². The van der Waals surface area contributed by atoms with E-state index >= 15 is 0 Å². The highest BCUT2D eigenvalue weighted by Crippen LogP contribution is 2.15. The molecule has 1 aromatic carbocycles. The topological polar surface area (TPSA) is 60.4 Å². The quantitative estimate of drug-likeness (QED) is 0.507. The van der Waals surface area contributed by atoms with Gasteiger partial charge in [-0.2, -0.15) is 0 Å². The molecule has 6 heteroatoms. The maximum atomic E-state index is 12.2. The van der Waals surface area contributed by atoms with Crippen molar-refractivity contribution < 1.29 is 17.9 Å². The van der Waals surface area contributed by atoms with Gasteiger partial charge < -0.3 is 4.74 Å². The summed E-state index contributed by atoms with van der Waals surface area (Å²) in [6.07, 6.45) is 1.60. The Morgan fingerprint density at radius 2 is 1.86 bits per heavy atom. The average molecular weight is 347 g/mol. The second-order valence-electron chi connectivity index (χ2n) is 5.37. The van der Waals surface area contributed by atoms with Crippen LogP contribution in [0.2, 0.25) is 0 Å². The maximum Gasteiger partial charge on any atom is 0.306 e. The molecule has 0 aliphatic heterocycles. The molecule has 1 atom stereocenters. The molecule has 4 nitrogen and oxygen atoms in total. The van der Waals surface area contributed by atoms with Crippen molar-refractivity contribution in [3.8, 4) is 0 Å². The summed E-state index contributed by atoms with van der Waals surface area (Å²) in [5.74, 6) is 0.201. The molecule has 0 aromatic heterocycles. The Balaban J connectivity index is 2.39. The Kier molecular flexibility index (Phi) is 7.90. The predicted molar refractivity (Wildman–Crippen MR) is 88.0 cm³/mol. The van der Waals surface area contributed by atoms with Gasteiger partial charge in [0.2, 0.25) is 0 Å². The molecular weight excluding hydrogens is 324 g/mol. The number of carbonyl (C=O) groups excluding carboxylic acids is 1. The van der Waals surface area contributed by atoms with Crippen molar-refractivity contribution in [1.29, 1.82) is 0 Å². The number of rotatable bonds is 9. The van der Waals surface area contributed by atoms with Gasteiger partial charge in [0.05, 0.1) is 16.8 Å². The molecule has 0 radical (unpaired) electrons. The van der Waals surface area contributed by atoms with Crippen LogP contribution in [0, 0.1) is 6.92 Å². The molecule has 0 N–H and O–H groups in total. The zero-order chi connectivity index (χ0) is 16.6. The van der Waals surface area contributed by atoms with E-state index in [2.05, 4.69) is 0 Å². The molecule has 0 bridgehead atoms. The first-order valence-electron chi connectivity index (χ1n) is 7.40. The number of sulfone groups is 1. The van der Waals surface area contributed by atoms with Gasteiger partial charge in [0.1, 0.15) is 0 Å². The lowest BCUT2D eigenvalue weighted by Crippen LogP contribution is -2.16. The third-order valence-corrected chi connectivity index (χ3v) is 5.33. The van der Waals surface area contributed by atoms with Crippen molar-refractivity contribution in [1.82, 2.24) is 0 Å². The smallest absolute Gasteiger partial charge is 0.306 e. The lowest BCUT2D eigenvalue weighted by atomic mass is 10.2. The Labute approximate surface area is 137 Å². The average Bonchev–Trinajstić information content (AvgIpc) is 2.45. The van der Waals surface area contributed by atoms with Gasteiger partial charge >= 0.3 is 5.97 Å². The third kappa shape index (κ3) is 6.79. The van der Waals surface area contributed by atoms with E-state index in [1.165, 1.54) is 0 Å². The first-order chi connectivity index (χ1) is 10.3. The Hall–Kier alpha value is -1.07. The summed E-state index contributed by atoms with van der Waals surface area (Å²) >= 11 is 5.51. The minimum Gasteiger partial charge on any atom is -0.463 e. The van der Waals surface area contributed by atoms with Crippen LogP contribution in [0.5, 0.6) is 0 Å². The summed E-state index contributed by atoms with van der Waals surface area (Å²) in [5, 5.41) is 0. The van der Waals surface area contributed by atoms with Crippen LogP contribution in [-0.2, 0) is 19.4 Å². The molecule has 0 aliphatic rings. The summed E-state index contributed by atoms with van der Waals surface area (Å²) in [4.78, 5) is 11.8. The van der Waals surface area contributed by atoms with Gasteiger partial charge in [-0.1, -0.05) is 17.7 Å². The standard InChI is InChI=1S/C16H23ClO4S/c1-13-7-9-15(10-8-13)22(19,20)12-4-5-14(2)21-16(18)6-3-11-17/h7-10,14H,3-6,11-12H2,1-2H3/t14-/m0/s1. The first kappa shape index (κ1) is 19.0. The van der Waals surface area contributed by atoms with E-state index in [1.54, 1.807) is 31.2 Å². The number of hydrogen-bond acceptors (Lipinski definition) is 4. The zero-order valence-corrected chi connectivity index (χ0v) is 14.6. The van der Waals surface area contributed by atoms with E-state index < -0.39 is 9.84 Å². The second-order valence-corrected chi connectivity index (χ2v) is 7.85. The lowest BCUT2D eigenvalue weighted by Gasteiger charge is -2.13. The molecule has 0 aliphatic carbocycles. The van der Waals surface area contributed by atoms with Crippen LogP contribution in [0.15, 0.2) is 29.2 Å². The van der Waals surface area contributed by atoms with Gasteiger partial charge in [-0.15, -0.1) is 11.6 Å². The molecule has 22 heavy (non-hydrogen) atoms. The highest BCUT2D eigenvalue weighted by Gasteiger charge is 2.15. The number of benzene rings is 1. The number of halogens is 1. The second kappa shape index (κ2) is 9.16. The number of hydrogen-bond donors (Lipinski definition) is 0. The monoisotopic (exact) mass is 346 g/mol. The number of alkyl halides is 1. The van der Waals surface area contributed by atoms with Crippen LogP contribution < -0.4 is 0 Å². The van der Waals surface area contributed by atoms with Crippen LogP contribution in [0.1, 0.15) is 38.2 Å². The molecule has 0 saturated carbocycles. The van der Waals surface area contributed by atoms with E-state index in [1.807, 2.05) is 6.92 Å². The molecule has 0 unspecified atom stereocenters. The molecule has 1 rings (SSSR count). The van der Waals surface area contributed by atoms with Crippen LogP contribution in [0.4, 0.5) is 0 Å². The summed E-state index contributed by atoms with van der Waals surface area (Å²) < 4.78 is 29.5.